The highest BCUT2D eigenvalue weighted by Gasteiger charge is 2.23. The second-order valence-corrected chi connectivity index (χ2v) is 10.4. The predicted octanol–water partition coefficient (Wildman–Crippen LogP) is 3.38. The van der Waals surface area contributed by atoms with Gasteiger partial charge in [0.15, 0.2) is 5.78 Å². The molecule has 0 bridgehead atoms. The summed E-state index contributed by atoms with van der Waals surface area (Å²) in [6.07, 6.45) is 0.744. The molecular formula is C22H26Cl2N2O5S. The second-order valence-electron chi connectivity index (χ2n) is 7.78. The third-order valence-corrected chi connectivity index (χ3v) is 7.46. The first-order valence-electron chi connectivity index (χ1n) is 10.3. The molecule has 32 heavy (non-hydrogen) atoms. The summed E-state index contributed by atoms with van der Waals surface area (Å²) in [5.41, 5.74) is 0.440. The van der Waals surface area contributed by atoms with Gasteiger partial charge in [-0.05, 0) is 44.0 Å². The van der Waals surface area contributed by atoms with Crippen molar-refractivity contribution in [3.05, 3.63) is 58.1 Å². The smallest absolute Gasteiger partial charge is 0.240 e. The SMILES string of the molecule is CC(=O)c1ccc(S(=O)(=O)NCC(O)CN2CCC(Oc3ccc(Cl)c(Cl)c3)CC2)cc1. The molecule has 1 atom stereocenters. The standard InChI is InChI=1S/C22H26Cl2N2O5S/c1-15(27)16-2-5-20(6-3-16)32(29,30)25-13-17(28)14-26-10-8-18(9-11-26)31-19-4-7-21(23)22(24)12-19/h2-7,12,17-18,25,28H,8-11,13-14H2,1H3. The molecule has 3 rings (SSSR count). The van der Waals surface area contributed by atoms with Gasteiger partial charge in [-0.25, -0.2) is 13.1 Å². The van der Waals surface area contributed by atoms with Crippen molar-refractivity contribution in [3.8, 4) is 5.75 Å². The van der Waals surface area contributed by atoms with Gasteiger partial charge in [0.1, 0.15) is 11.9 Å². The molecule has 1 unspecified atom stereocenters. The first-order chi connectivity index (χ1) is 15.1. The van der Waals surface area contributed by atoms with Gasteiger partial charge in [0, 0.05) is 37.8 Å². The Hall–Kier alpha value is -1.68. The number of hydrogen-bond donors (Lipinski definition) is 2. The molecule has 174 valence electrons. The average molecular weight is 501 g/mol. The lowest BCUT2D eigenvalue weighted by Gasteiger charge is -2.33. The zero-order valence-corrected chi connectivity index (χ0v) is 20.0. The highest BCUT2D eigenvalue weighted by atomic mass is 35.5. The molecule has 1 fully saturated rings. The maximum atomic E-state index is 12.4. The number of benzene rings is 2. The number of β-amino-alcohol motifs (C(OH)–C–C–N with tert-alkyl or cyclic N) is 1. The molecule has 2 aromatic carbocycles. The van der Waals surface area contributed by atoms with Crippen molar-refractivity contribution in [2.75, 3.05) is 26.2 Å². The van der Waals surface area contributed by atoms with Crippen molar-refractivity contribution in [2.24, 2.45) is 0 Å². The van der Waals surface area contributed by atoms with Crippen LogP contribution in [0.3, 0.4) is 0 Å². The van der Waals surface area contributed by atoms with Gasteiger partial charge < -0.3 is 14.7 Å². The van der Waals surface area contributed by atoms with E-state index in [0.717, 1.165) is 25.9 Å². The Morgan fingerprint density at radius 2 is 1.81 bits per heavy atom. The highest BCUT2D eigenvalue weighted by molar-refractivity contribution is 7.89. The van der Waals surface area contributed by atoms with E-state index >= 15 is 0 Å². The van der Waals surface area contributed by atoms with Crippen molar-refractivity contribution < 1.29 is 23.1 Å². The number of sulfonamides is 1. The average Bonchev–Trinajstić information content (AvgIpc) is 2.76. The number of Topliss-reactive ketones (excluding diaryl/α,β-unsaturated/α-hetero) is 1. The number of nitrogens with zero attached hydrogens (tertiary/aromatic N) is 1. The fourth-order valence-corrected chi connectivity index (χ4v) is 4.83. The molecule has 7 nitrogen and oxygen atoms in total. The summed E-state index contributed by atoms with van der Waals surface area (Å²) in [4.78, 5) is 13.5. The fourth-order valence-electron chi connectivity index (χ4n) is 3.47. The third-order valence-electron chi connectivity index (χ3n) is 5.28. The summed E-state index contributed by atoms with van der Waals surface area (Å²) in [6.45, 7) is 3.12. The molecule has 0 aliphatic carbocycles. The Bertz CT molecular complexity index is 1040. The number of halogens is 2. The molecule has 10 heteroatoms. The molecule has 2 aromatic rings. The molecule has 1 aliphatic rings. The summed E-state index contributed by atoms with van der Waals surface area (Å²) >= 11 is 11.9. The summed E-state index contributed by atoms with van der Waals surface area (Å²) in [5, 5.41) is 11.2. The number of ketones is 1. The van der Waals surface area contributed by atoms with Crippen LogP contribution in [0.4, 0.5) is 0 Å². The van der Waals surface area contributed by atoms with Crippen LogP contribution in [0.15, 0.2) is 47.4 Å². The molecule has 0 aromatic heterocycles. The largest absolute Gasteiger partial charge is 0.490 e. The molecular weight excluding hydrogens is 475 g/mol. The minimum Gasteiger partial charge on any atom is -0.490 e. The Morgan fingerprint density at radius 1 is 1.16 bits per heavy atom. The number of likely N-dealkylation sites (tertiary alicyclic amines) is 1. The Balaban J connectivity index is 1.43. The van der Waals surface area contributed by atoms with E-state index in [9.17, 15) is 18.3 Å². The summed E-state index contributed by atoms with van der Waals surface area (Å²) in [7, 11) is -3.77. The molecule has 0 radical (unpaired) electrons. The van der Waals surface area contributed by atoms with Gasteiger partial charge in [-0.15, -0.1) is 0 Å². The van der Waals surface area contributed by atoms with Crippen LogP contribution in [-0.4, -0.2) is 62.6 Å². The highest BCUT2D eigenvalue weighted by Crippen LogP contribution is 2.28. The number of rotatable bonds is 9. The molecule has 0 saturated carbocycles. The first kappa shape index (κ1) is 25.0. The van der Waals surface area contributed by atoms with Gasteiger partial charge in [0.25, 0.3) is 0 Å². The zero-order valence-electron chi connectivity index (χ0n) is 17.6. The summed E-state index contributed by atoms with van der Waals surface area (Å²) in [6, 6.07) is 10.9. The summed E-state index contributed by atoms with van der Waals surface area (Å²) < 4.78 is 33.2. The number of ether oxygens (including phenoxy) is 1. The number of carbonyl (C=O) groups excluding carboxylic acids is 1. The van der Waals surface area contributed by atoms with Gasteiger partial charge in [-0.3, -0.25) is 4.79 Å². The second kappa shape index (κ2) is 11.0. The Morgan fingerprint density at radius 3 is 2.41 bits per heavy atom. The van der Waals surface area contributed by atoms with E-state index in [0.29, 0.717) is 27.9 Å². The van der Waals surface area contributed by atoms with E-state index in [4.69, 9.17) is 27.9 Å². The topological polar surface area (TPSA) is 95.9 Å². The van der Waals surface area contributed by atoms with Gasteiger partial charge in [-0.2, -0.15) is 0 Å². The van der Waals surface area contributed by atoms with Crippen molar-refractivity contribution >= 4 is 39.0 Å². The zero-order chi connectivity index (χ0) is 23.3. The van der Waals surface area contributed by atoms with Crippen LogP contribution in [0, 0.1) is 0 Å². The van der Waals surface area contributed by atoms with E-state index in [1.165, 1.54) is 31.2 Å². The van der Waals surface area contributed by atoms with E-state index in [-0.39, 0.29) is 23.3 Å². The number of nitrogens with one attached hydrogen (secondary N) is 1. The molecule has 0 amide bonds. The van der Waals surface area contributed by atoms with Crippen LogP contribution in [0.5, 0.6) is 5.75 Å². The van der Waals surface area contributed by atoms with Crippen molar-refractivity contribution in [1.82, 2.24) is 9.62 Å². The number of aliphatic hydroxyl groups excluding tert-OH is 1. The van der Waals surface area contributed by atoms with Crippen LogP contribution in [0.25, 0.3) is 0 Å². The third kappa shape index (κ3) is 6.91. The van der Waals surface area contributed by atoms with Crippen molar-refractivity contribution in [2.45, 2.75) is 36.9 Å². The minimum atomic E-state index is -3.77. The fraction of sp³-hybridized carbons (Fsp3) is 0.409. The number of piperidine rings is 1. The van der Waals surface area contributed by atoms with Gasteiger partial charge >= 0.3 is 0 Å². The van der Waals surface area contributed by atoms with Crippen LogP contribution in [-0.2, 0) is 10.0 Å². The quantitative estimate of drug-likeness (QED) is 0.512. The van der Waals surface area contributed by atoms with E-state index < -0.39 is 16.1 Å². The normalized spacial score (nSPS) is 16.6. The maximum absolute atomic E-state index is 12.4. The van der Waals surface area contributed by atoms with E-state index in [2.05, 4.69) is 9.62 Å². The molecule has 1 aliphatic heterocycles. The molecule has 2 N–H and O–H groups in total. The Kier molecular flexibility index (Phi) is 8.55. The number of aliphatic hydroxyl groups is 1. The summed E-state index contributed by atoms with van der Waals surface area (Å²) in [5.74, 6) is 0.534. The van der Waals surface area contributed by atoms with E-state index in [1.54, 1.807) is 18.2 Å². The van der Waals surface area contributed by atoms with E-state index in [1.807, 2.05) is 0 Å². The van der Waals surface area contributed by atoms with Gasteiger partial charge in [0.2, 0.25) is 10.0 Å². The predicted molar refractivity (Wildman–Crippen MR) is 124 cm³/mol. The first-order valence-corrected chi connectivity index (χ1v) is 12.5. The van der Waals surface area contributed by atoms with Crippen LogP contribution >= 0.6 is 23.2 Å². The monoisotopic (exact) mass is 500 g/mol. The van der Waals surface area contributed by atoms with Crippen molar-refractivity contribution in [1.29, 1.82) is 0 Å². The lowest BCUT2D eigenvalue weighted by Crippen LogP contribution is -2.45. The molecule has 1 heterocycles. The molecule has 0 spiro atoms. The lowest BCUT2D eigenvalue weighted by atomic mass is 10.1. The van der Waals surface area contributed by atoms with Gasteiger partial charge in [0.05, 0.1) is 21.0 Å². The van der Waals surface area contributed by atoms with Crippen LogP contribution < -0.4 is 9.46 Å². The van der Waals surface area contributed by atoms with Crippen molar-refractivity contribution in [3.63, 3.8) is 0 Å². The lowest BCUT2D eigenvalue weighted by molar-refractivity contribution is 0.0630. The van der Waals surface area contributed by atoms with Gasteiger partial charge in [-0.1, -0.05) is 35.3 Å². The Labute approximate surface area is 198 Å². The maximum Gasteiger partial charge on any atom is 0.240 e. The van der Waals surface area contributed by atoms with Crippen LogP contribution in [0.2, 0.25) is 10.0 Å². The number of hydrogen-bond acceptors (Lipinski definition) is 6. The van der Waals surface area contributed by atoms with Crippen LogP contribution in [0.1, 0.15) is 30.1 Å². The number of carbonyl (C=O) groups is 1. The molecule has 1 saturated heterocycles. The minimum absolute atomic E-state index is 0.0390.